The highest BCUT2D eigenvalue weighted by atomic mass is 16.2. The minimum Gasteiger partial charge on any atom is -0.325 e. The summed E-state index contributed by atoms with van der Waals surface area (Å²) in [5.41, 5.74) is 2.32. The second-order valence-electron chi connectivity index (χ2n) is 6.62. The largest absolute Gasteiger partial charge is 0.325 e. The van der Waals surface area contributed by atoms with Crippen LogP contribution < -0.4 is 5.32 Å². The van der Waals surface area contributed by atoms with Crippen LogP contribution in [0.4, 0.5) is 10.5 Å². The molecule has 0 atom stereocenters. The Morgan fingerprint density at radius 3 is 2.73 bits per heavy atom. The monoisotopic (exact) mass is 348 g/mol. The maximum Gasteiger partial charge on any atom is 0.321 e. The zero-order valence-electron chi connectivity index (χ0n) is 15.3. The summed E-state index contributed by atoms with van der Waals surface area (Å²) >= 11 is 0. The molecule has 1 aromatic carbocycles. The van der Waals surface area contributed by atoms with Crippen molar-refractivity contribution < 1.29 is 4.79 Å². The van der Waals surface area contributed by atoms with Crippen LogP contribution in [-0.2, 0) is 0 Å². The van der Waals surface area contributed by atoms with Crippen LogP contribution >= 0.6 is 0 Å². The van der Waals surface area contributed by atoms with Gasteiger partial charge in [0.25, 0.3) is 0 Å². The predicted molar refractivity (Wildman–Crippen MR) is 104 cm³/mol. The fourth-order valence-corrected chi connectivity index (χ4v) is 3.01. The SMILES string of the molecule is CN1CCC(N(C)C(=O)Nc2cccc(C#Cc3ccccn3)c2)CC1. The number of pyridine rings is 1. The van der Waals surface area contributed by atoms with Crippen molar-refractivity contribution in [1.29, 1.82) is 0 Å². The van der Waals surface area contributed by atoms with Gasteiger partial charge >= 0.3 is 6.03 Å². The Labute approximate surface area is 155 Å². The third-order valence-corrected chi connectivity index (χ3v) is 4.67. The van der Waals surface area contributed by atoms with Crippen LogP contribution in [0.2, 0.25) is 0 Å². The molecule has 1 aromatic heterocycles. The van der Waals surface area contributed by atoms with Crippen LogP contribution in [-0.4, -0.2) is 54.0 Å². The zero-order chi connectivity index (χ0) is 18.4. The number of carbonyl (C=O) groups is 1. The van der Waals surface area contributed by atoms with Crippen molar-refractivity contribution in [3.05, 3.63) is 59.9 Å². The Morgan fingerprint density at radius 1 is 1.19 bits per heavy atom. The molecule has 1 aliphatic rings. The molecule has 2 heterocycles. The van der Waals surface area contributed by atoms with Gasteiger partial charge in [-0.1, -0.05) is 18.1 Å². The van der Waals surface area contributed by atoms with Crippen LogP contribution in [0.5, 0.6) is 0 Å². The van der Waals surface area contributed by atoms with E-state index in [1.165, 1.54) is 0 Å². The topological polar surface area (TPSA) is 48.5 Å². The average Bonchev–Trinajstić information content (AvgIpc) is 2.67. The van der Waals surface area contributed by atoms with E-state index >= 15 is 0 Å². The maximum atomic E-state index is 12.5. The first kappa shape index (κ1) is 18.0. The normalized spacial score (nSPS) is 15.0. The van der Waals surface area contributed by atoms with Gasteiger partial charge in [0.15, 0.2) is 0 Å². The molecular weight excluding hydrogens is 324 g/mol. The number of rotatable bonds is 2. The zero-order valence-corrected chi connectivity index (χ0v) is 15.3. The second kappa shape index (κ2) is 8.50. The van der Waals surface area contributed by atoms with Gasteiger partial charge in [-0.15, -0.1) is 0 Å². The van der Waals surface area contributed by atoms with E-state index in [4.69, 9.17) is 0 Å². The lowest BCUT2D eigenvalue weighted by Gasteiger charge is -2.35. The van der Waals surface area contributed by atoms with E-state index in [9.17, 15) is 4.79 Å². The lowest BCUT2D eigenvalue weighted by Crippen LogP contribution is -2.46. The molecule has 0 radical (unpaired) electrons. The summed E-state index contributed by atoms with van der Waals surface area (Å²) in [5, 5.41) is 2.98. The van der Waals surface area contributed by atoms with E-state index in [2.05, 4.69) is 34.1 Å². The summed E-state index contributed by atoms with van der Waals surface area (Å²) in [6.45, 7) is 2.06. The van der Waals surface area contributed by atoms with Gasteiger partial charge in [-0.3, -0.25) is 0 Å². The van der Waals surface area contributed by atoms with Crippen molar-refractivity contribution in [2.24, 2.45) is 0 Å². The molecule has 2 aromatic rings. The summed E-state index contributed by atoms with van der Waals surface area (Å²) in [6, 6.07) is 13.4. The van der Waals surface area contributed by atoms with Crippen molar-refractivity contribution in [2.75, 3.05) is 32.5 Å². The van der Waals surface area contributed by atoms with Crippen molar-refractivity contribution >= 4 is 11.7 Å². The van der Waals surface area contributed by atoms with Gasteiger partial charge in [-0.2, -0.15) is 0 Å². The Kier molecular flexibility index (Phi) is 5.88. The molecule has 0 unspecified atom stereocenters. The van der Waals surface area contributed by atoms with Gasteiger partial charge in [0.2, 0.25) is 0 Å². The first-order valence-electron chi connectivity index (χ1n) is 8.87. The van der Waals surface area contributed by atoms with Crippen LogP contribution in [0.3, 0.4) is 0 Å². The molecule has 0 bridgehead atoms. The minimum atomic E-state index is -0.0746. The van der Waals surface area contributed by atoms with Crippen molar-refractivity contribution in [3.63, 3.8) is 0 Å². The van der Waals surface area contributed by atoms with Crippen molar-refractivity contribution in [1.82, 2.24) is 14.8 Å². The summed E-state index contributed by atoms with van der Waals surface area (Å²) < 4.78 is 0. The second-order valence-corrected chi connectivity index (χ2v) is 6.62. The molecule has 5 nitrogen and oxygen atoms in total. The molecule has 0 spiro atoms. The summed E-state index contributed by atoms with van der Waals surface area (Å²) in [7, 11) is 3.99. The van der Waals surface area contributed by atoms with E-state index < -0.39 is 0 Å². The first-order chi connectivity index (χ1) is 12.6. The summed E-state index contributed by atoms with van der Waals surface area (Å²) in [4.78, 5) is 20.8. The molecule has 1 N–H and O–H groups in total. The van der Waals surface area contributed by atoms with Crippen LogP contribution in [0.1, 0.15) is 24.1 Å². The molecule has 1 fully saturated rings. The standard InChI is InChI=1S/C21H24N4O/c1-24-14-11-20(12-15-24)25(2)21(26)23-19-8-5-6-17(16-19)9-10-18-7-3-4-13-22-18/h3-8,13,16,20H,11-12,14-15H2,1-2H3,(H,23,26). The summed E-state index contributed by atoms with van der Waals surface area (Å²) in [5.74, 6) is 6.12. The molecule has 2 amide bonds. The molecule has 3 rings (SSSR count). The highest BCUT2D eigenvalue weighted by Gasteiger charge is 2.23. The number of hydrogen-bond acceptors (Lipinski definition) is 3. The molecule has 0 saturated carbocycles. The first-order valence-corrected chi connectivity index (χ1v) is 8.87. The number of aromatic nitrogens is 1. The van der Waals surface area contributed by atoms with E-state index in [1.54, 1.807) is 6.20 Å². The van der Waals surface area contributed by atoms with Crippen LogP contribution in [0, 0.1) is 11.8 Å². The Morgan fingerprint density at radius 2 is 2.00 bits per heavy atom. The molecule has 0 aliphatic carbocycles. The summed E-state index contributed by atoms with van der Waals surface area (Å²) in [6.07, 6.45) is 3.74. The van der Waals surface area contributed by atoms with Gasteiger partial charge in [-0.25, -0.2) is 9.78 Å². The Bertz CT molecular complexity index is 802. The fraction of sp³-hybridized carbons (Fsp3) is 0.333. The van der Waals surface area contributed by atoms with Crippen LogP contribution in [0.25, 0.3) is 0 Å². The fourth-order valence-electron chi connectivity index (χ4n) is 3.01. The number of hydrogen-bond donors (Lipinski definition) is 1. The van der Waals surface area contributed by atoms with Gasteiger partial charge in [0, 0.05) is 30.5 Å². The van der Waals surface area contributed by atoms with Gasteiger partial charge < -0.3 is 15.1 Å². The predicted octanol–water partition coefficient (Wildman–Crippen LogP) is 3.04. The number of piperidine rings is 1. The van der Waals surface area contributed by atoms with E-state index in [-0.39, 0.29) is 6.03 Å². The maximum absolute atomic E-state index is 12.5. The lowest BCUT2D eigenvalue weighted by atomic mass is 10.0. The molecule has 134 valence electrons. The number of likely N-dealkylation sites (tertiary alicyclic amines) is 1. The molecule has 1 saturated heterocycles. The Balaban J connectivity index is 1.63. The highest BCUT2D eigenvalue weighted by Crippen LogP contribution is 2.16. The number of amides is 2. The molecule has 5 heteroatoms. The van der Waals surface area contributed by atoms with Crippen molar-refractivity contribution in [3.8, 4) is 11.8 Å². The van der Waals surface area contributed by atoms with E-state index in [0.29, 0.717) is 6.04 Å². The Hall–Kier alpha value is -2.84. The van der Waals surface area contributed by atoms with Crippen molar-refractivity contribution in [2.45, 2.75) is 18.9 Å². The van der Waals surface area contributed by atoms with Gasteiger partial charge in [0.1, 0.15) is 5.69 Å². The van der Waals surface area contributed by atoms with Crippen LogP contribution in [0.15, 0.2) is 48.7 Å². The number of benzene rings is 1. The number of anilines is 1. The van der Waals surface area contributed by atoms with Gasteiger partial charge in [-0.05, 0) is 69.2 Å². The minimum absolute atomic E-state index is 0.0746. The van der Waals surface area contributed by atoms with Gasteiger partial charge in [0.05, 0.1) is 0 Å². The highest BCUT2D eigenvalue weighted by molar-refractivity contribution is 5.89. The number of carbonyl (C=O) groups excluding carboxylic acids is 1. The van der Waals surface area contributed by atoms with E-state index in [0.717, 1.165) is 42.9 Å². The smallest absolute Gasteiger partial charge is 0.321 e. The third-order valence-electron chi connectivity index (χ3n) is 4.67. The number of nitrogens with one attached hydrogen (secondary N) is 1. The lowest BCUT2D eigenvalue weighted by molar-refractivity contribution is 0.156. The number of nitrogens with zero attached hydrogens (tertiary/aromatic N) is 3. The third kappa shape index (κ3) is 4.84. The number of urea groups is 1. The molecular formula is C21H24N4O. The quantitative estimate of drug-likeness (QED) is 0.849. The average molecular weight is 348 g/mol. The molecule has 1 aliphatic heterocycles. The molecule has 26 heavy (non-hydrogen) atoms. The van der Waals surface area contributed by atoms with E-state index in [1.807, 2.05) is 54.4 Å².